The molecule has 0 saturated heterocycles. The van der Waals surface area contributed by atoms with Crippen LogP contribution in [0.4, 0.5) is 17.1 Å². The first kappa shape index (κ1) is 34.9. The fourth-order valence-electron chi connectivity index (χ4n) is 9.78. The summed E-state index contributed by atoms with van der Waals surface area (Å²) in [7, 11) is 0. The van der Waals surface area contributed by atoms with E-state index in [0.29, 0.717) is 0 Å². The lowest BCUT2D eigenvalue weighted by Crippen LogP contribution is -2.10. The topological polar surface area (TPSA) is 21.3 Å². The maximum atomic E-state index is 6.27. The van der Waals surface area contributed by atoms with Crippen molar-refractivity contribution in [3.63, 3.8) is 0 Å². The van der Waals surface area contributed by atoms with Crippen LogP contribution in [0.15, 0.2) is 223 Å². The highest BCUT2D eigenvalue weighted by Crippen LogP contribution is 2.46. The highest BCUT2D eigenvalue weighted by Gasteiger charge is 2.21. The van der Waals surface area contributed by atoms with Crippen molar-refractivity contribution in [3.8, 4) is 27.9 Å². The summed E-state index contributed by atoms with van der Waals surface area (Å²) in [6.07, 6.45) is 0. The monoisotopic (exact) mass is 808 g/mol. The van der Waals surface area contributed by atoms with Gasteiger partial charge >= 0.3 is 0 Å². The summed E-state index contributed by atoms with van der Waals surface area (Å²) in [6, 6.07) is 79.2. The Hall–Kier alpha value is -7.92. The van der Waals surface area contributed by atoms with Crippen LogP contribution in [0.25, 0.3) is 103 Å². The third-order valence-electron chi connectivity index (χ3n) is 12.6. The fraction of sp³-hybridized carbons (Fsp3) is 0. The molecule has 3 heterocycles. The molecule has 62 heavy (non-hydrogen) atoms. The van der Waals surface area contributed by atoms with Crippen molar-refractivity contribution in [2.45, 2.75) is 0 Å². The number of benzene rings is 10. The third kappa shape index (κ3) is 5.37. The second-order valence-corrected chi connectivity index (χ2v) is 17.1. The van der Waals surface area contributed by atoms with Crippen LogP contribution >= 0.6 is 11.3 Å². The van der Waals surface area contributed by atoms with Crippen molar-refractivity contribution < 1.29 is 4.42 Å². The van der Waals surface area contributed by atoms with Gasteiger partial charge in [-0.2, -0.15) is 0 Å². The molecule has 0 aliphatic carbocycles. The summed E-state index contributed by atoms with van der Waals surface area (Å²) >= 11 is 1.85. The van der Waals surface area contributed by atoms with E-state index >= 15 is 0 Å². The zero-order chi connectivity index (χ0) is 40.7. The summed E-state index contributed by atoms with van der Waals surface area (Å²) in [5.41, 5.74) is 13.4. The molecule has 0 saturated carbocycles. The molecule has 13 aromatic rings. The second-order valence-electron chi connectivity index (χ2n) is 16.0. The number of fused-ring (bicyclic) bond motifs is 11. The van der Waals surface area contributed by atoms with Crippen LogP contribution in [0.2, 0.25) is 0 Å². The molecular weight excluding hydrogens is 773 g/mol. The molecule has 0 unspecified atom stereocenters. The van der Waals surface area contributed by atoms with E-state index in [9.17, 15) is 0 Å². The van der Waals surface area contributed by atoms with E-state index < -0.39 is 0 Å². The number of para-hydroxylation sites is 2. The minimum absolute atomic E-state index is 0.902. The largest absolute Gasteiger partial charge is 0.456 e. The van der Waals surface area contributed by atoms with Crippen molar-refractivity contribution in [1.29, 1.82) is 0 Å². The number of hydrogen-bond donors (Lipinski definition) is 0. The van der Waals surface area contributed by atoms with Gasteiger partial charge in [-0.15, -0.1) is 11.3 Å². The molecule has 0 spiro atoms. The van der Waals surface area contributed by atoms with Gasteiger partial charge in [0.05, 0.1) is 16.7 Å². The predicted molar refractivity (Wildman–Crippen MR) is 264 cm³/mol. The lowest BCUT2D eigenvalue weighted by Gasteiger charge is -2.27. The minimum Gasteiger partial charge on any atom is -0.456 e. The summed E-state index contributed by atoms with van der Waals surface area (Å²) in [6.45, 7) is 0. The van der Waals surface area contributed by atoms with Crippen molar-refractivity contribution in [2.75, 3.05) is 4.90 Å². The number of nitrogens with zero attached hydrogens (tertiary/aromatic N) is 2. The number of rotatable bonds is 6. The van der Waals surface area contributed by atoms with E-state index in [1.807, 2.05) is 23.5 Å². The maximum absolute atomic E-state index is 6.27. The summed E-state index contributed by atoms with van der Waals surface area (Å²) in [5.74, 6) is 0. The van der Waals surface area contributed by atoms with Crippen LogP contribution in [-0.4, -0.2) is 4.57 Å². The summed E-state index contributed by atoms with van der Waals surface area (Å²) in [4.78, 5) is 2.42. The van der Waals surface area contributed by atoms with Gasteiger partial charge in [0.25, 0.3) is 0 Å². The molecule has 3 nitrogen and oxygen atoms in total. The molecule has 10 aromatic carbocycles. The maximum Gasteiger partial charge on any atom is 0.136 e. The lowest BCUT2D eigenvalue weighted by molar-refractivity contribution is 0.669. The van der Waals surface area contributed by atoms with Crippen molar-refractivity contribution in [1.82, 2.24) is 4.57 Å². The van der Waals surface area contributed by atoms with Gasteiger partial charge < -0.3 is 13.9 Å². The molecule has 13 rings (SSSR count). The number of anilines is 3. The Bertz CT molecular complexity index is 3860. The molecule has 290 valence electrons. The van der Waals surface area contributed by atoms with Crippen LogP contribution in [0, 0.1) is 0 Å². The second kappa shape index (κ2) is 13.8. The van der Waals surface area contributed by atoms with Crippen LogP contribution < -0.4 is 4.90 Å². The van der Waals surface area contributed by atoms with E-state index in [0.717, 1.165) is 55.8 Å². The zero-order valence-electron chi connectivity index (χ0n) is 33.5. The quantitative estimate of drug-likeness (QED) is 0.167. The molecule has 4 heteroatoms. The van der Waals surface area contributed by atoms with Gasteiger partial charge in [-0.1, -0.05) is 146 Å². The van der Waals surface area contributed by atoms with Crippen LogP contribution in [0.3, 0.4) is 0 Å². The van der Waals surface area contributed by atoms with Gasteiger partial charge in [0.1, 0.15) is 11.2 Å². The molecule has 0 aliphatic heterocycles. The molecule has 0 fully saturated rings. The first-order valence-electron chi connectivity index (χ1n) is 21.1. The molecule has 3 aromatic heterocycles. The van der Waals surface area contributed by atoms with E-state index in [1.165, 1.54) is 63.9 Å². The Morgan fingerprint density at radius 2 is 1.05 bits per heavy atom. The predicted octanol–water partition coefficient (Wildman–Crippen LogP) is 17.0. The van der Waals surface area contributed by atoms with Gasteiger partial charge in [0.15, 0.2) is 0 Å². The van der Waals surface area contributed by atoms with Gasteiger partial charge in [-0.25, -0.2) is 0 Å². The first-order valence-corrected chi connectivity index (χ1v) is 21.9. The Morgan fingerprint density at radius 1 is 0.403 bits per heavy atom. The first-order chi connectivity index (χ1) is 30.7. The smallest absolute Gasteiger partial charge is 0.136 e. The van der Waals surface area contributed by atoms with E-state index in [1.54, 1.807) is 0 Å². The number of furan rings is 1. The summed E-state index contributed by atoms with van der Waals surface area (Å²) in [5, 5.41) is 9.82. The molecule has 0 radical (unpaired) electrons. The van der Waals surface area contributed by atoms with E-state index in [2.05, 4.69) is 216 Å². The standard InChI is InChI=1S/C58H36N2OS/c1-2-13-41(14-3-1)60-51-36-40(29-34-46(51)47-35-28-38-12-4-5-15-45(38)58(47)60)37-24-30-42(31-25-37)59(50-19-11-23-55-57(50)49-17-7-9-22-54(49)62-55)43-32-26-39(27-33-43)44-18-10-21-53-56(44)48-16-6-8-20-52(48)61-53/h1-36H. The summed E-state index contributed by atoms with van der Waals surface area (Å²) < 4.78 is 11.3. The molecule has 0 bridgehead atoms. The van der Waals surface area contributed by atoms with Crippen LogP contribution in [0.5, 0.6) is 0 Å². The van der Waals surface area contributed by atoms with Gasteiger partial charge in [0, 0.05) is 64.2 Å². The van der Waals surface area contributed by atoms with Gasteiger partial charge in [-0.3, -0.25) is 0 Å². The Balaban J connectivity index is 0.959. The number of aromatic nitrogens is 1. The Labute approximate surface area is 361 Å². The highest BCUT2D eigenvalue weighted by molar-refractivity contribution is 7.26. The Kier molecular flexibility index (Phi) is 7.78. The van der Waals surface area contributed by atoms with Gasteiger partial charge in [-0.05, 0) is 100 Å². The third-order valence-corrected chi connectivity index (χ3v) is 13.7. The minimum atomic E-state index is 0.902. The van der Waals surface area contributed by atoms with E-state index in [4.69, 9.17) is 4.42 Å². The Morgan fingerprint density at radius 3 is 1.89 bits per heavy atom. The fourth-order valence-corrected chi connectivity index (χ4v) is 10.9. The average Bonchev–Trinajstić information content (AvgIpc) is 4.02. The average molecular weight is 809 g/mol. The number of thiophene rings is 1. The molecule has 0 amide bonds. The molecule has 0 atom stereocenters. The highest BCUT2D eigenvalue weighted by atomic mass is 32.1. The lowest BCUT2D eigenvalue weighted by atomic mass is 9.98. The SMILES string of the molecule is c1ccc(-n2c3cc(-c4ccc(N(c5ccc(-c6cccc7oc8ccccc8c67)cc5)c5cccc6sc7ccccc7c56)cc4)ccc3c3ccc4ccccc4c32)cc1. The normalized spacial score (nSPS) is 11.9. The molecule has 0 N–H and O–H groups in total. The zero-order valence-corrected chi connectivity index (χ0v) is 34.3. The molecule has 0 aliphatic rings. The van der Waals surface area contributed by atoms with Crippen LogP contribution in [-0.2, 0) is 0 Å². The van der Waals surface area contributed by atoms with Crippen molar-refractivity contribution in [2.24, 2.45) is 0 Å². The van der Waals surface area contributed by atoms with Crippen molar-refractivity contribution in [3.05, 3.63) is 218 Å². The van der Waals surface area contributed by atoms with Crippen LogP contribution in [0.1, 0.15) is 0 Å². The number of hydrogen-bond acceptors (Lipinski definition) is 3. The molecular formula is C58H36N2OS. The van der Waals surface area contributed by atoms with Gasteiger partial charge in [0.2, 0.25) is 0 Å². The van der Waals surface area contributed by atoms with Crippen molar-refractivity contribution >= 4 is 103 Å². The van der Waals surface area contributed by atoms with E-state index in [-0.39, 0.29) is 0 Å².